The first-order chi connectivity index (χ1) is 14.4. The number of aromatic nitrogens is 2. The SMILES string of the molecule is COc1cccc(-c2c(C)nn3c2NC(=O)C3CC(=O)Nc2cccc(Cl)c2Cl)c1. The molecule has 2 amide bonds. The number of carbonyl (C=O) groups excluding carboxylic acids is 2. The number of hydrogen-bond donors (Lipinski definition) is 2. The third-order valence-electron chi connectivity index (χ3n) is 4.89. The molecule has 1 atom stereocenters. The standard InChI is InChI=1S/C21H18Cl2N4O3/c1-11-18(12-5-3-6-13(9-12)30-2)20-25-21(29)16(27(20)26-11)10-17(28)24-15-8-4-7-14(22)19(15)23/h3-9,16H,10H2,1-2H3,(H,24,28)(H,25,29). The number of amides is 2. The molecule has 7 nitrogen and oxygen atoms in total. The van der Waals surface area contributed by atoms with Crippen LogP contribution < -0.4 is 15.4 Å². The number of methoxy groups -OCH3 is 1. The Labute approximate surface area is 182 Å². The first-order valence-electron chi connectivity index (χ1n) is 9.17. The maximum atomic E-state index is 12.6. The van der Waals surface area contributed by atoms with Gasteiger partial charge in [-0.15, -0.1) is 0 Å². The molecule has 1 unspecified atom stereocenters. The van der Waals surface area contributed by atoms with E-state index in [2.05, 4.69) is 15.7 Å². The number of halogens is 2. The van der Waals surface area contributed by atoms with Crippen molar-refractivity contribution in [1.82, 2.24) is 9.78 Å². The fourth-order valence-corrected chi connectivity index (χ4v) is 3.83. The largest absolute Gasteiger partial charge is 0.497 e. The van der Waals surface area contributed by atoms with Crippen molar-refractivity contribution in [3.8, 4) is 16.9 Å². The molecule has 0 bridgehead atoms. The van der Waals surface area contributed by atoms with Crippen LogP contribution in [0.3, 0.4) is 0 Å². The second-order valence-electron chi connectivity index (χ2n) is 6.84. The zero-order chi connectivity index (χ0) is 21.4. The molecule has 2 heterocycles. The van der Waals surface area contributed by atoms with E-state index in [9.17, 15) is 9.59 Å². The normalized spacial score (nSPS) is 14.9. The van der Waals surface area contributed by atoms with E-state index in [0.717, 1.165) is 16.8 Å². The maximum absolute atomic E-state index is 12.6. The van der Waals surface area contributed by atoms with E-state index in [1.54, 1.807) is 30.0 Å². The van der Waals surface area contributed by atoms with Crippen LogP contribution in [0, 0.1) is 6.92 Å². The summed E-state index contributed by atoms with van der Waals surface area (Å²) in [4.78, 5) is 25.2. The minimum atomic E-state index is -0.768. The Morgan fingerprint density at radius 1 is 1.27 bits per heavy atom. The summed E-state index contributed by atoms with van der Waals surface area (Å²) in [6.07, 6.45) is -0.0969. The highest BCUT2D eigenvalue weighted by Crippen LogP contribution is 2.39. The number of nitrogens with one attached hydrogen (secondary N) is 2. The Morgan fingerprint density at radius 2 is 2.03 bits per heavy atom. The van der Waals surface area contributed by atoms with Gasteiger partial charge >= 0.3 is 0 Å². The van der Waals surface area contributed by atoms with Gasteiger partial charge in [-0.3, -0.25) is 9.59 Å². The molecule has 1 aromatic heterocycles. The quantitative estimate of drug-likeness (QED) is 0.597. The summed E-state index contributed by atoms with van der Waals surface area (Å²) in [7, 11) is 1.59. The third kappa shape index (κ3) is 3.62. The van der Waals surface area contributed by atoms with Crippen molar-refractivity contribution in [3.05, 3.63) is 58.2 Å². The molecule has 30 heavy (non-hydrogen) atoms. The van der Waals surface area contributed by atoms with Gasteiger partial charge in [-0.05, 0) is 36.8 Å². The maximum Gasteiger partial charge on any atom is 0.251 e. The van der Waals surface area contributed by atoms with Crippen molar-refractivity contribution < 1.29 is 14.3 Å². The summed E-state index contributed by atoms with van der Waals surface area (Å²) in [6.45, 7) is 1.86. The zero-order valence-electron chi connectivity index (χ0n) is 16.2. The fraction of sp³-hybridized carbons (Fsp3) is 0.190. The van der Waals surface area contributed by atoms with Gasteiger partial charge in [-0.1, -0.05) is 41.4 Å². The first kappa shape index (κ1) is 20.3. The van der Waals surface area contributed by atoms with Crippen LogP contribution in [0.1, 0.15) is 18.2 Å². The van der Waals surface area contributed by atoms with E-state index in [-0.39, 0.29) is 23.3 Å². The van der Waals surface area contributed by atoms with Crippen LogP contribution in [0.4, 0.5) is 11.5 Å². The number of carbonyl (C=O) groups is 2. The molecule has 0 saturated carbocycles. The van der Waals surface area contributed by atoms with Gasteiger partial charge in [0, 0.05) is 5.56 Å². The molecule has 9 heteroatoms. The highest BCUT2D eigenvalue weighted by Gasteiger charge is 2.36. The van der Waals surface area contributed by atoms with Crippen LogP contribution in [-0.2, 0) is 9.59 Å². The van der Waals surface area contributed by atoms with E-state index < -0.39 is 6.04 Å². The number of ether oxygens (including phenoxy) is 1. The highest BCUT2D eigenvalue weighted by molar-refractivity contribution is 6.44. The van der Waals surface area contributed by atoms with Crippen LogP contribution in [0.5, 0.6) is 5.75 Å². The van der Waals surface area contributed by atoms with Crippen molar-refractivity contribution in [2.24, 2.45) is 0 Å². The molecule has 2 N–H and O–H groups in total. The lowest BCUT2D eigenvalue weighted by atomic mass is 10.1. The average molecular weight is 445 g/mol. The molecule has 0 saturated heterocycles. The molecule has 1 aliphatic heterocycles. The minimum absolute atomic E-state index is 0.0969. The van der Waals surface area contributed by atoms with Crippen LogP contribution in [0.25, 0.3) is 11.1 Å². The molecular weight excluding hydrogens is 427 g/mol. The second-order valence-corrected chi connectivity index (χ2v) is 7.63. The molecule has 4 rings (SSSR count). The van der Waals surface area contributed by atoms with Gasteiger partial charge in [0.05, 0.1) is 35.0 Å². The predicted octanol–water partition coefficient (Wildman–Crippen LogP) is 4.70. The molecule has 0 aliphatic carbocycles. The van der Waals surface area contributed by atoms with Gasteiger partial charge in [0.2, 0.25) is 5.91 Å². The van der Waals surface area contributed by atoms with Gasteiger partial charge in [0.1, 0.15) is 17.6 Å². The van der Waals surface area contributed by atoms with Crippen LogP contribution in [0.2, 0.25) is 10.0 Å². The smallest absolute Gasteiger partial charge is 0.251 e. The van der Waals surface area contributed by atoms with E-state index in [1.807, 2.05) is 31.2 Å². The van der Waals surface area contributed by atoms with E-state index in [0.29, 0.717) is 22.3 Å². The summed E-state index contributed by atoms with van der Waals surface area (Å²) < 4.78 is 6.86. The lowest BCUT2D eigenvalue weighted by Crippen LogP contribution is -2.24. The number of aryl methyl sites for hydroxylation is 1. The summed E-state index contributed by atoms with van der Waals surface area (Å²) in [6, 6.07) is 11.7. The molecule has 154 valence electrons. The number of rotatable bonds is 5. The van der Waals surface area contributed by atoms with Crippen molar-refractivity contribution >= 4 is 46.5 Å². The zero-order valence-corrected chi connectivity index (χ0v) is 17.7. The third-order valence-corrected chi connectivity index (χ3v) is 5.71. The first-order valence-corrected chi connectivity index (χ1v) is 9.93. The minimum Gasteiger partial charge on any atom is -0.497 e. The molecule has 3 aromatic rings. The number of fused-ring (bicyclic) bond motifs is 1. The van der Waals surface area contributed by atoms with Gasteiger partial charge in [0.25, 0.3) is 5.91 Å². The summed E-state index contributed by atoms with van der Waals surface area (Å²) >= 11 is 12.1. The van der Waals surface area contributed by atoms with Crippen molar-refractivity contribution in [3.63, 3.8) is 0 Å². The molecule has 0 radical (unpaired) electrons. The van der Waals surface area contributed by atoms with Crippen molar-refractivity contribution in [2.45, 2.75) is 19.4 Å². The Balaban J connectivity index is 1.60. The van der Waals surface area contributed by atoms with E-state index >= 15 is 0 Å². The molecular formula is C21H18Cl2N4O3. The number of nitrogens with zero attached hydrogens (tertiary/aromatic N) is 2. The monoisotopic (exact) mass is 444 g/mol. The Hall–Kier alpha value is -3.03. The highest BCUT2D eigenvalue weighted by atomic mass is 35.5. The van der Waals surface area contributed by atoms with Gasteiger partial charge in [-0.2, -0.15) is 5.10 Å². The van der Waals surface area contributed by atoms with E-state index in [1.165, 1.54) is 0 Å². The topological polar surface area (TPSA) is 85.2 Å². The molecule has 2 aromatic carbocycles. The van der Waals surface area contributed by atoms with Crippen LogP contribution >= 0.6 is 23.2 Å². The number of hydrogen-bond acceptors (Lipinski definition) is 4. The fourth-order valence-electron chi connectivity index (χ4n) is 3.48. The van der Waals surface area contributed by atoms with Crippen LogP contribution in [-0.4, -0.2) is 28.7 Å². The summed E-state index contributed by atoms with van der Waals surface area (Å²) in [5, 5.41) is 10.7. The Bertz CT molecular complexity index is 1160. The lowest BCUT2D eigenvalue weighted by molar-refractivity contribution is -0.123. The number of benzene rings is 2. The van der Waals surface area contributed by atoms with Crippen LogP contribution in [0.15, 0.2) is 42.5 Å². The van der Waals surface area contributed by atoms with Crippen molar-refractivity contribution in [1.29, 1.82) is 0 Å². The summed E-state index contributed by atoms with van der Waals surface area (Å²) in [5.41, 5.74) is 2.79. The second kappa shape index (κ2) is 8.01. The average Bonchev–Trinajstić information content (AvgIpc) is 3.19. The summed E-state index contributed by atoms with van der Waals surface area (Å²) in [5.74, 6) is 0.590. The van der Waals surface area contributed by atoms with Gasteiger partial charge in [-0.25, -0.2) is 4.68 Å². The predicted molar refractivity (Wildman–Crippen MR) is 116 cm³/mol. The molecule has 0 fully saturated rings. The van der Waals surface area contributed by atoms with Gasteiger partial charge < -0.3 is 15.4 Å². The van der Waals surface area contributed by atoms with E-state index in [4.69, 9.17) is 27.9 Å². The lowest BCUT2D eigenvalue weighted by Gasteiger charge is -2.11. The Morgan fingerprint density at radius 3 is 2.80 bits per heavy atom. The molecule has 0 spiro atoms. The number of anilines is 2. The van der Waals surface area contributed by atoms with Gasteiger partial charge in [0.15, 0.2) is 0 Å². The molecule has 1 aliphatic rings. The Kier molecular flexibility index (Phi) is 5.40. The van der Waals surface area contributed by atoms with Crippen molar-refractivity contribution in [2.75, 3.05) is 17.7 Å².